The molecule has 0 spiro atoms. The lowest BCUT2D eigenvalue weighted by Crippen LogP contribution is -2.03. The van der Waals surface area contributed by atoms with Crippen LogP contribution in [0, 0.1) is 6.07 Å². The fourth-order valence-corrected chi connectivity index (χ4v) is 1.09. The standard InChI is InChI=1S/C8H6NO/c10-8-5-6-3-1-2-4-7(6)9-8/h1-2,4H,5H2,(H,9,10). The van der Waals surface area contributed by atoms with Crippen molar-refractivity contribution in [3.63, 3.8) is 0 Å². The maximum Gasteiger partial charge on any atom is 0.228 e. The van der Waals surface area contributed by atoms with Gasteiger partial charge in [0, 0.05) is 5.69 Å². The van der Waals surface area contributed by atoms with Gasteiger partial charge in [-0.1, -0.05) is 12.1 Å². The molecular weight excluding hydrogens is 126 g/mol. The van der Waals surface area contributed by atoms with Crippen LogP contribution in [0.2, 0.25) is 0 Å². The van der Waals surface area contributed by atoms with E-state index < -0.39 is 0 Å². The molecule has 0 saturated carbocycles. The molecule has 10 heavy (non-hydrogen) atoms. The summed E-state index contributed by atoms with van der Waals surface area (Å²) in [6, 6.07) is 8.57. The second-order valence-electron chi connectivity index (χ2n) is 2.29. The fraction of sp³-hybridized carbons (Fsp3) is 0.125. The number of fused-ring (bicyclic) bond motifs is 1. The van der Waals surface area contributed by atoms with Crippen LogP contribution in [-0.4, -0.2) is 5.91 Å². The molecule has 1 aliphatic heterocycles. The van der Waals surface area contributed by atoms with E-state index in [0.717, 1.165) is 11.3 Å². The molecule has 0 saturated heterocycles. The van der Waals surface area contributed by atoms with E-state index in [2.05, 4.69) is 11.4 Å². The van der Waals surface area contributed by atoms with Crippen LogP contribution in [0.5, 0.6) is 0 Å². The zero-order valence-electron chi connectivity index (χ0n) is 5.35. The van der Waals surface area contributed by atoms with Gasteiger partial charge in [0.1, 0.15) is 0 Å². The summed E-state index contributed by atoms with van der Waals surface area (Å²) in [6.45, 7) is 0. The van der Waals surface area contributed by atoms with Crippen molar-refractivity contribution in [2.24, 2.45) is 0 Å². The van der Waals surface area contributed by atoms with Crippen LogP contribution in [-0.2, 0) is 11.2 Å². The van der Waals surface area contributed by atoms with Gasteiger partial charge >= 0.3 is 0 Å². The average Bonchev–Trinajstić information content (AvgIpc) is 2.27. The predicted molar refractivity (Wildman–Crippen MR) is 37.6 cm³/mol. The SMILES string of the molecule is O=C1Cc2[c]cccc2N1. The normalized spacial score (nSPS) is 14.6. The van der Waals surface area contributed by atoms with Crippen molar-refractivity contribution in [2.45, 2.75) is 6.42 Å². The molecule has 0 atom stereocenters. The number of hydrogen-bond acceptors (Lipinski definition) is 1. The summed E-state index contributed by atoms with van der Waals surface area (Å²) in [7, 11) is 0. The Bertz CT molecular complexity index is 253. The Morgan fingerprint density at radius 2 is 2.50 bits per heavy atom. The molecule has 0 fully saturated rings. The molecule has 0 unspecified atom stereocenters. The minimum absolute atomic E-state index is 0.0671. The number of carbonyl (C=O) groups is 1. The molecule has 49 valence electrons. The summed E-state index contributed by atoms with van der Waals surface area (Å²) in [5, 5.41) is 2.73. The Hall–Kier alpha value is -1.31. The molecule has 1 N–H and O–H groups in total. The molecule has 1 radical (unpaired) electrons. The zero-order valence-corrected chi connectivity index (χ0v) is 5.35. The lowest BCUT2D eigenvalue weighted by Gasteiger charge is -1.92. The summed E-state index contributed by atoms with van der Waals surface area (Å²) in [4.78, 5) is 10.8. The van der Waals surface area contributed by atoms with E-state index in [0.29, 0.717) is 6.42 Å². The van der Waals surface area contributed by atoms with Crippen LogP contribution in [0.25, 0.3) is 0 Å². The number of amides is 1. The molecule has 1 amide bonds. The first-order valence-corrected chi connectivity index (χ1v) is 3.16. The van der Waals surface area contributed by atoms with Crippen molar-refractivity contribution >= 4 is 11.6 Å². The van der Waals surface area contributed by atoms with Crippen LogP contribution in [0.3, 0.4) is 0 Å². The van der Waals surface area contributed by atoms with Gasteiger partial charge in [0.25, 0.3) is 0 Å². The van der Waals surface area contributed by atoms with Crippen molar-refractivity contribution in [3.8, 4) is 0 Å². The van der Waals surface area contributed by atoms with E-state index in [4.69, 9.17) is 0 Å². The Morgan fingerprint density at radius 1 is 1.60 bits per heavy atom. The Labute approximate surface area is 58.9 Å². The largest absolute Gasteiger partial charge is 0.326 e. The van der Waals surface area contributed by atoms with Crippen LogP contribution in [0.1, 0.15) is 5.56 Å². The van der Waals surface area contributed by atoms with Gasteiger partial charge in [-0.25, -0.2) is 0 Å². The summed E-state index contributed by atoms with van der Waals surface area (Å²) < 4.78 is 0. The van der Waals surface area contributed by atoms with Gasteiger partial charge in [-0.2, -0.15) is 0 Å². The predicted octanol–water partition coefficient (Wildman–Crippen LogP) is 0.981. The maximum absolute atomic E-state index is 10.8. The first kappa shape index (κ1) is 5.47. The van der Waals surface area contributed by atoms with Gasteiger partial charge in [-0.3, -0.25) is 4.79 Å². The molecule has 2 heteroatoms. The van der Waals surface area contributed by atoms with Crippen molar-refractivity contribution in [3.05, 3.63) is 29.8 Å². The minimum Gasteiger partial charge on any atom is -0.326 e. The van der Waals surface area contributed by atoms with E-state index in [1.807, 2.05) is 18.2 Å². The van der Waals surface area contributed by atoms with Crippen molar-refractivity contribution in [1.29, 1.82) is 0 Å². The second kappa shape index (κ2) is 1.84. The Morgan fingerprint density at radius 3 is 3.30 bits per heavy atom. The molecule has 0 aliphatic carbocycles. The minimum atomic E-state index is 0.0671. The van der Waals surface area contributed by atoms with Gasteiger partial charge < -0.3 is 5.32 Å². The smallest absolute Gasteiger partial charge is 0.228 e. The number of hydrogen-bond donors (Lipinski definition) is 1. The van der Waals surface area contributed by atoms with E-state index in [9.17, 15) is 4.79 Å². The first-order chi connectivity index (χ1) is 4.86. The highest BCUT2D eigenvalue weighted by molar-refractivity contribution is 5.98. The topological polar surface area (TPSA) is 29.1 Å². The third kappa shape index (κ3) is 0.692. The van der Waals surface area contributed by atoms with Gasteiger partial charge in [-0.05, 0) is 17.7 Å². The number of rotatable bonds is 0. The third-order valence-electron chi connectivity index (χ3n) is 1.55. The lowest BCUT2D eigenvalue weighted by molar-refractivity contribution is -0.115. The monoisotopic (exact) mass is 132 g/mol. The van der Waals surface area contributed by atoms with Gasteiger partial charge in [0.2, 0.25) is 5.91 Å². The molecule has 1 aromatic carbocycles. The Balaban J connectivity index is 2.51. The van der Waals surface area contributed by atoms with Crippen molar-refractivity contribution in [1.82, 2.24) is 0 Å². The van der Waals surface area contributed by atoms with Gasteiger partial charge in [-0.15, -0.1) is 0 Å². The van der Waals surface area contributed by atoms with Crippen LogP contribution in [0.4, 0.5) is 5.69 Å². The first-order valence-electron chi connectivity index (χ1n) is 3.16. The van der Waals surface area contributed by atoms with Gasteiger partial charge in [0.05, 0.1) is 6.42 Å². The molecular formula is C8H6NO. The van der Waals surface area contributed by atoms with E-state index in [1.54, 1.807) is 0 Å². The average molecular weight is 132 g/mol. The van der Waals surface area contributed by atoms with Crippen molar-refractivity contribution in [2.75, 3.05) is 5.32 Å². The number of carbonyl (C=O) groups excluding carboxylic acids is 1. The van der Waals surface area contributed by atoms with E-state index in [-0.39, 0.29) is 5.91 Å². The number of benzene rings is 1. The summed E-state index contributed by atoms with van der Waals surface area (Å²) >= 11 is 0. The second-order valence-corrected chi connectivity index (χ2v) is 2.29. The van der Waals surface area contributed by atoms with Crippen LogP contribution < -0.4 is 5.32 Å². The quantitative estimate of drug-likeness (QED) is 0.560. The molecule has 2 rings (SSSR count). The highest BCUT2D eigenvalue weighted by Crippen LogP contribution is 2.20. The van der Waals surface area contributed by atoms with Crippen LogP contribution in [0.15, 0.2) is 18.2 Å². The Kier molecular flexibility index (Phi) is 1.01. The molecule has 0 aromatic heterocycles. The highest BCUT2D eigenvalue weighted by Gasteiger charge is 2.15. The summed E-state index contributed by atoms with van der Waals surface area (Å²) in [5.41, 5.74) is 1.89. The summed E-state index contributed by atoms with van der Waals surface area (Å²) in [6.07, 6.45) is 0.482. The lowest BCUT2D eigenvalue weighted by atomic mass is 10.2. The number of nitrogens with one attached hydrogen (secondary N) is 1. The molecule has 1 heterocycles. The zero-order chi connectivity index (χ0) is 6.97. The molecule has 1 aliphatic rings. The highest BCUT2D eigenvalue weighted by atomic mass is 16.1. The van der Waals surface area contributed by atoms with E-state index in [1.165, 1.54) is 0 Å². The third-order valence-corrected chi connectivity index (χ3v) is 1.55. The van der Waals surface area contributed by atoms with Crippen molar-refractivity contribution < 1.29 is 4.79 Å². The summed E-state index contributed by atoms with van der Waals surface area (Å²) in [5.74, 6) is 0.0671. The van der Waals surface area contributed by atoms with E-state index >= 15 is 0 Å². The molecule has 0 bridgehead atoms. The number of anilines is 1. The molecule has 1 aromatic rings. The van der Waals surface area contributed by atoms with Crippen LogP contribution >= 0.6 is 0 Å². The molecule has 2 nitrogen and oxygen atoms in total. The fourth-order valence-electron chi connectivity index (χ4n) is 1.09. The maximum atomic E-state index is 10.8. The van der Waals surface area contributed by atoms with Gasteiger partial charge in [0.15, 0.2) is 0 Å².